The zero-order valence-corrected chi connectivity index (χ0v) is 22.5. The van der Waals surface area contributed by atoms with Gasteiger partial charge >= 0.3 is 0 Å². The van der Waals surface area contributed by atoms with Gasteiger partial charge in [0.1, 0.15) is 12.2 Å². The van der Waals surface area contributed by atoms with Crippen molar-refractivity contribution in [1.29, 1.82) is 0 Å². The molecule has 2 amide bonds. The molecule has 1 aliphatic rings. The smallest absolute Gasteiger partial charge is 0.281 e. The molecule has 2 heterocycles. The highest BCUT2D eigenvalue weighted by Crippen LogP contribution is 2.32. The number of nitrogens with one attached hydrogen (secondary N) is 1. The van der Waals surface area contributed by atoms with Crippen molar-refractivity contribution in [3.05, 3.63) is 69.5 Å². The number of ether oxygens (including phenoxy) is 1. The molecule has 0 atom stereocenters. The van der Waals surface area contributed by atoms with Crippen LogP contribution in [0.4, 0.5) is 5.69 Å². The molecule has 4 rings (SSSR count). The topological polar surface area (TPSA) is 66.8 Å². The van der Waals surface area contributed by atoms with Crippen molar-refractivity contribution < 1.29 is 14.3 Å². The molecule has 7 nitrogen and oxygen atoms in total. The van der Waals surface area contributed by atoms with E-state index in [4.69, 9.17) is 17.0 Å². The van der Waals surface area contributed by atoms with Crippen LogP contribution in [0.15, 0.2) is 52.8 Å². The Hall–Kier alpha value is -3.01. The molecule has 0 unspecified atom stereocenters. The summed E-state index contributed by atoms with van der Waals surface area (Å²) in [5.74, 6) is -0.300. The van der Waals surface area contributed by atoms with Crippen LogP contribution in [0.5, 0.6) is 0 Å². The lowest BCUT2D eigenvalue weighted by Crippen LogP contribution is -2.31. The van der Waals surface area contributed by atoms with E-state index in [2.05, 4.69) is 21.2 Å². The fourth-order valence-electron chi connectivity index (χ4n) is 4.04. The van der Waals surface area contributed by atoms with Gasteiger partial charge < -0.3 is 19.5 Å². The lowest BCUT2D eigenvalue weighted by atomic mass is 10.1. The van der Waals surface area contributed by atoms with E-state index in [1.165, 1.54) is 0 Å². The number of aromatic nitrogens is 1. The number of carbonyl (C=O) groups is 2. The largest absolute Gasteiger partial charge is 0.383 e. The van der Waals surface area contributed by atoms with Gasteiger partial charge in [0.05, 0.1) is 12.3 Å². The van der Waals surface area contributed by atoms with E-state index < -0.39 is 0 Å². The summed E-state index contributed by atoms with van der Waals surface area (Å²) in [5.41, 5.74) is 5.18. The molecule has 1 aliphatic heterocycles. The molecular formula is C26H27BrN4O3S. The summed E-state index contributed by atoms with van der Waals surface area (Å²) >= 11 is 9.17. The zero-order chi connectivity index (χ0) is 25.3. The van der Waals surface area contributed by atoms with Crippen molar-refractivity contribution in [1.82, 2.24) is 14.8 Å². The highest BCUT2D eigenvalue weighted by atomic mass is 79.9. The SMILES string of the molecule is COCCNC(=O)Cn1cc(/C=C2/C(=O)N(c3ccc(C)c(C)c3)C(=S)N2C)c2cc(Br)ccc21. The Bertz CT molecular complexity index is 1360. The van der Waals surface area contributed by atoms with Crippen LogP contribution in [0.25, 0.3) is 17.0 Å². The fourth-order valence-corrected chi connectivity index (χ4v) is 4.69. The highest BCUT2D eigenvalue weighted by molar-refractivity contribution is 9.10. The standard InChI is InChI=1S/C26H27BrN4O3S/c1-16-5-7-20(11-17(16)2)31-25(33)23(29(3)26(31)35)12-18-14-30(15-24(32)28-9-10-34-4)22-8-6-19(27)13-21(18)22/h5-8,11-14H,9-10,15H2,1-4H3,(H,28,32)/b23-12-. The maximum absolute atomic E-state index is 13.5. The lowest BCUT2D eigenvalue weighted by Gasteiger charge is -2.17. The summed E-state index contributed by atoms with van der Waals surface area (Å²) < 4.78 is 7.79. The fraction of sp³-hybridized carbons (Fsp3) is 0.269. The minimum Gasteiger partial charge on any atom is -0.383 e. The molecular weight excluding hydrogens is 528 g/mol. The maximum atomic E-state index is 13.5. The number of thiocarbonyl (C=S) groups is 1. The molecule has 0 bridgehead atoms. The number of carbonyl (C=O) groups excluding carboxylic acids is 2. The number of fused-ring (bicyclic) bond motifs is 1. The first-order valence-corrected chi connectivity index (χ1v) is 12.4. The minimum absolute atomic E-state index is 0.114. The van der Waals surface area contributed by atoms with Crippen LogP contribution in [-0.4, -0.2) is 53.7 Å². The Morgan fingerprint density at radius 3 is 2.66 bits per heavy atom. The van der Waals surface area contributed by atoms with Gasteiger partial charge in [0.25, 0.3) is 5.91 Å². The Labute approximate surface area is 218 Å². The number of benzene rings is 2. The molecule has 1 saturated heterocycles. The number of hydrogen-bond acceptors (Lipinski definition) is 4. The van der Waals surface area contributed by atoms with Gasteiger partial charge in [-0.3, -0.25) is 14.5 Å². The quantitative estimate of drug-likeness (QED) is 0.266. The van der Waals surface area contributed by atoms with E-state index >= 15 is 0 Å². The number of halogens is 1. The summed E-state index contributed by atoms with van der Waals surface area (Å²) in [4.78, 5) is 29.2. The third-order valence-electron chi connectivity index (χ3n) is 6.12. The van der Waals surface area contributed by atoms with E-state index in [-0.39, 0.29) is 18.4 Å². The second kappa shape index (κ2) is 10.3. The van der Waals surface area contributed by atoms with Gasteiger partial charge in [-0.25, -0.2) is 0 Å². The number of methoxy groups -OCH3 is 1. The van der Waals surface area contributed by atoms with Gasteiger partial charge in [-0.05, 0) is 73.6 Å². The predicted octanol–water partition coefficient (Wildman–Crippen LogP) is 4.39. The molecule has 1 aromatic heterocycles. The summed E-state index contributed by atoms with van der Waals surface area (Å²) in [6.45, 7) is 5.10. The molecule has 0 saturated carbocycles. The van der Waals surface area contributed by atoms with Gasteiger partial charge in [-0.1, -0.05) is 22.0 Å². The van der Waals surface area contributed by atoms with E-state index in [0.717, 1.165) is 37.8 Å². The Kier molecular flexibility index (Phi) is 7.39. The molecule has 9 heteroatoms. The Morgan fingerprint density at radius 2 is 1.94 bits per heavy atom. The van der Waals surface area contributed by atoms with Crippen LogP contribution in [-0.2, 0) is 20.9 Å². The van der Waals surface area contributed by atoms with Crippen LogP contribution in [0, 0.1) is 13.8 Å². The normalized spacial score (nSPS) is 15.1. The number of amides is 2. The first-order valence-electron chi connectivity index (χ1n) is 11.2. The Balaban J connectivity index is 1.71. The van der Waals surface area contributed by atoms with Gasteiger partial charge in [-0.15, -0.1) is 0 Å². The Morgan fingerprint density at radius 1 is 1.17 bits per heavy atom. The van der Waals surface area contributed by atoms with Crippen molar-refractivity contribution in [2.75, 3.05) is 32.2 Å². The molecule has 1 fully saturated rings. The molecule has 2 aromatic carbocycles. The van der Waals surface area contributed by atoms with Crippen molar-refractivity contribution >= 4 is 67.7 Å². The van der Waals surface area contributed by atoms with Crippen LogP contribution >= 0.6 is 28.1 Å². The first kappa shape index (κ1) is 25.1. The van der Waals surface area contributed by atoms with Crippen molar-refractivity contribution in [3.8, 4) is 0 Å². The number of nitrogens with zero attached hydrogens (tertiary/aromatic N) is 3. The lowest BCUT2D eigenvalue weighted by molar-refractivity contribution is -0.121. The number of aryl methyl sites for hydroxylation is 2. The number of rotatable bonds is 7. The molecule has 0 spiro atoms. The van der Waals surface area contributed by atoms with Crippen molar-refractivity contribution in [2.24, 2.45) is 0 Å². The van der Waals surface area contributed by atoms with Gasteiger partial charge in [-0.2, -0.15) is 0 Å². The van der Waals surface area contributed by atoms with Crippen molar-refractivity contribution in [3.63, 3.8) is 0 Å². The number of anilines is 1. The maximum Gasteiger partial charge on any atom is 0.281 e. The highest BCUT2D eigenvalue weighted by Gasteiger charge is 2.37. The van der Waals surface area contributed by atoms with Crippen LogP contribution < -0.4 is 10.2 Å². The number of hydrogen-bond donors (Lipinski definition) is 1. The van der Waals surface area contributed by atoms with Crippen molar-refractivity contribution in [2.45, 2.75) is 20.4 Å². The summed E-state index contributed by atoms with van der Waals surface area (Å²) in [7, 11) is 3.39. The molecule has 1 N–H and O–H groups in total. The molecule has 35 heavy (non-hydrogen) atoms. The second-order valence-corrected chi connectivity index (χ2v) is 9.78. The molecule has 182 valence electrons. The van der Waals surface area contributed by atoms with Gasteiger partial charge in [0.2, 0.25) is 5.91 Å². The van der Waals surface area contributed by atoms with E-state index in [1.807, 2.05) is 67.1 Å². The van der Waals surface area contributed by atoms with Gasteiger partial charge in [0.15, 0.2) is 5.11 Å². The monoisotopic (exact) mass is 554 g/mol. The average Bonchev–Trinajstić information content (AvgIpc) is 3.25. The molecule has 0 aliphatic carbocycles. The third-order valence-corrected chi connectivity index (χ3v) is 7.07. The first-order chi connectivity index (χ1) is 16.7. The van der Waals surface area contributed by atoms with Crippen LogP contribution in [0.3, 0.4) is 0 Å². The second-order valence-electron chi connectivity index (χ2n) is 8.50. The summed E-state index contributed by atoms with van der Waals surface area (Å²) in [6, 6.07) is 11.7. The summed E-state index contributed by atoms with van der Waals surface area (Å²) in [6.07, 6.45) is 3.73. The molecule has 0 radical (unpaired) electrons. The van der Waals surface area contributed by atoms with E-state index in [1.54, 1.807) is 24.0 Å². The van der Waals surface area contributed by atoms with E-state index in [0.29, 0.717) is 24.0 Å². The molecule has 3 aromatic rings. The van der Waals surface area contributed by atoms with E-state index in [9.17, 15) is 9.59 Å². The van der Waals surface area contributed by atoms with Crippen LogP contribution in [0.2, 0.25) is 0 Å². The predicted molar refractivity (Wildman–Crippen MR) is 146 cm³/mol. The average molecular weight is 555 g/mol. The summed E-state index contributed by atoms with van der Waals surface area (Å²) in [5, 5.41) is 4.19. The zero-order valence-electron chi connectivity index (χ0n) is 20.1. The number of likely N-dealkylation sites (N-methyl/N-ethyl adjacent to an activating group) is 1. The van der Waals surface area contributed by atoms with Crippen LogP contribution in [0.1, 0.15) is 16.7 Å². The third kappa shape index (κ3) is 5.03. The van der Waals surface area contributed by atoms with Gasteiger partial charge in [0, 0.05) is 47.8 Å². The minimum atomic E-state index is -0.186.